The summed E-state index contributed by atoms with van der Waals surface area (Å²) in [6.07, 6.45) is 1.81. The summed E-state index contributed by atoms with van der Waals surface area (Å²) < 4.78 is 15.8. The summed E-state index contributed by atoms with van der Waals surface area (Å²) in [6.45, 7) is 3.99. The number of nitrogens with zero attached hydrogens (tertiary/aromatic N) is 2. The number of hydrogen-bond acceptors (Lipinski definition) is 3. The van der Waals surface area contributed by atoms with Crippen molar-refractivity contribution in [3.05, 3.63) is 33.7 Å². The van der Waals surface area contributed by atoms with E-state index in [1.54, 1.807) is 10.7 Å². The van der Waals surface area contributed by atoms with Gasteiger partial charge in [0.15, 0.2) is 5.82 Å². The highest BCUT2D eigenvalue weighted by molar-refractivity contribution is 9.10. The Kier molecular flexibility index (Phi) is 4.32. The highest BCUT2D eigenvalue weighted by Gasteiger charge is 2.14. The van der Waals surface area contributed by atoms with Crippen molar-refractivity contribution in [3.8, 4) is 0 Å². The zero-order valence-corrected chi connectivity index (χ0v) is 13.4. The third kappa shape index (κ3) is 2.80. The van der Waals surface area contributed by atoms with E-state index >= 15 is 0 Å². The molecular formula is C14H18BrFN4. The van der Waals surface area contributed by atoms with Gasteiger partial charge in [0.2, 0.25) is 0 Å². The lowest BCUT2D eigenvalue weighted by Crippen LogP contribution is -2.03. The fourth-order valence-electron chi connectivity index (χ4n) is 2.07. The molecule has 0 aliphatic carbocycles. The van der Waals surface area contributed by atoms with E-state index < -0.39 is 0 Å². The number of halogens is 2. The summed E-state index contributed by atoms with van der Waals surface area (Å²) in [4.78, 5) is 0. The van der Waals surface area contributed by atoms with Gasteiger partial charge >= 0.3 is 0 Å². The molecule has 0 saturated carbocycles. The third-order valence-corrected chi connectivity index (χ3v) is 3.78. The van der Waals surface area contributed by atoms with E-state index in [0.717, 1.165) is 24.1 Å². The summed E-state index contributed by atoms with van der Waals surface area (Å²) in [6, 6.07) is 3.18. The van der Waals surface area contributed by atoms with E-state index in [-0.39, 0.29) is 5.82 Å². The van der Waals surface area contributed by atoms with Crippen LogP contribution in [0.15, 0.2) is 16.6 Å². The van der Waals surface area contributed by atoms with E-state index in [4.69, 9.17) is 5.73 Å². The van der Waals surface area contributed by atoms with Gasteiger partial charge in [-0.25, -0.2) is 4.39 Å². The van der Waals surface area contributed by atoms with Crippen LogP contribution in [0.3, 0.4) is 0 Å². The minimum Gasteiger partial charge on any atom is -0.394 e. The maximum Gasteiger partial charge on any atom is 0.152 e. The molecule has 0 unspecified atom stereocenters. The molecule has 0 aliphatic heterocycles. The second kappa shape index (κ2) is 5.83. The van der Waals surface area contributed by atoms with Crippen LogP contribution in [0.5, 0.6) is 0 Å². The van der Waals surface area contributed by atoms with Gasteiger partial charge in [-0.1, -0.05) is 13.3 Å². The molecule has 2 aromatic rings. The van der Waals surface area contributed by atoms with Gasteiger partial charge in [0.1, 0.15) is 5.82 Å². The van der Waals surface area contributed by atoms with Gasteiger partial charge in [0, 0.05) is 12.7 Å². The molecule has 1 aromatic carbocycles. The predicted molar refractivity (Wildman–Crippen MR) is 83.7 cm³/mol. The number of nitrogens with one attached hydrogen (secondary N) is 1. The molecule has 0 saturated heterocycles. The van der Waals surface area contributed by atoms with Crippen LogP contribution < -0.4 is 11.1 Å². The van der Waals surface area contributed by atoms with Crippen LogP contribution in [-0.2, 0) is 13.5 Å². The molecule has 20 heavy (non-hydrogen) atoms. The summed E-state index contributed by atoms with van der Waals surface area (Å²) in [5.74, 6) is 0.380. The summed E-state index contributed by atoms with van der Waals surface area (Å²) in [7, 11) is 1.82. The number of nitrogens with two attached hydrogens (primary N) is 1. The molecule has 0 fully saturated rings. The first kappa shape index (κ1) is 14.8. The highest BCUT2D eigenvalue weighted by atomic mass is 79.9. The van der Waals surface area contributed by atoms with Crippen LogP contribution in [0.4, 0.5) is 21.6 Å². The quantitative estimate of drug-likeness (QED) is 0.887. The number of anilines is 3. The highest BCUT2D eigenvalue weighted by Crippen LogP contribution is 2.30. The van der Waals surface area contributed by atoms with Crippen LogP contribution in [0.2, 0.25) is 0 Å². The second-order valence-corrected chi connectivity index (χ2v) is 5.64. The molecular weight excluding hydrogens is 323 g/mol. The van der Waals surface area contributed by atoms with Crippen molar-refractivity contribution >= 4 is 33.1 Å². The van der Waals surface area contributed by atoms with Gasteiger partial charge in [0.05, 0.1) is 15.9 Å². The van der Waals surface area contributed by atoms with Gasteiger partial charge in [0.25, 0.3) is 0 Å². The topological polar surface area (TPSA) is 55.9 Å². The standard InChI is InChI=1S/C14H18BrFN4/c1-4-5-11-13(17)14(20(3)19-11)18-12-7-10(16)9(15)6-8(12)2/h6-7,18H,4-5,17H2,1-3H3. The van der Waals surface area contributed by atoms with Crippen molar-refractivity contribution in [1.82, 2.24) is 9.78 Å². The Hall–Kier alpha value is -1.56. The van der Waals surface area contributed by atoms with Crippen molar-refractivity contribution in [2.45, 2.75) is 26.7 Å². The van der Waals surface area contributed by atoms with Gasteiger partial charge in [-0.2, -0.15) is 5.10 Å². The molecule has 0 atom stereocenters. The third-order valence-electron chi connectivity index (χ3n) is 3.17. The van der Waals surface area contributed by atoms with E-state index in [9.17, 15) is 4.39 Å². The van der Waals surface area contributed by atoms with Crippen molar-refractivity contribution in [2.24, 2.45) is 7.05 Å². The van der Waals surface area contributed by atoms with E-state index in [2.05, 4.69) is 33.3 Å². The first-order valence-corrected chi connectivity index (χ1v) is 7.27. The molecule has 0 bridgehead atoms. The number of aromatic nitrogens is 2. The van der Waals surface area contributed by atoms with Crippen LogP contribution in [0.25, 0.3) is 0 Å². The van der Waals surface area contributed by atoms with Crippen LogP contribution in [0, 0.1) is 12.7 Å². The van der Waals surface area contributed by atoms with Crippen molar-refractivity contribution in [1.29, 1.82) is 0 Å². The molecule has 2 rings (SSSR count). The van der Waals surface area contributed by atoms with Gasteiger partial charge in [-0.3, -0.25) is 4.68 Å². The predicted octanol–water partition coefficient (Wildman–Crippen LogP) is 3.91. The zero-order chi connectivity index (χ0) is 14.9. The minimum atomic E-state index is -0.312. The Balaban J connectivity index is 2.37. The molecule has 1 heterocycles. The maximum absolute atomic E-state index is 13.6. The van der Waals surface area contributed by atoms with Crippen molar-refractivity contribution in [2.75, 3.05) is 11.1 Å². The zero-order valence-electron chi connectivity index (χ0n) is 11.8. The number of hydrogen-bond donors (Lipinski definition) is 2. The number of benzene rings is 1. The second-order valence-electron chi connectivity index (χ2n) is 4.79. The Morgan fingerprint density at radius 1 is 1.45 bits per heavy atom. The Morgan fingerprint density at radius 2 is 2.15 bits per heavy atom. The molecule has 0 amide bonds. The molecule has 0 radical (unpaired) electrons. The van der Waals surface area contributed by atoms with Crippen LogP contribution in [0.1, 0.15) is 24.6 Å². The first-order chi connectivity index (χ1) is 9.43. The minimum absolute atomic E-state index is 0.312. The summed E-state index contributed by atoms with van der Waals surface area (Å²) >= 11 is 3.17. The lowest BCUT2D eigenvalue weighted by atomic mass is 10.2. The molecule has 0 spiro atoms. The maximum atomic E-state index is 13.6. The van der Waals surface area contributed by atoms with Gasteiger partial charge in [-0.05, 0) is 47.0 Å². The first-order valence-electron chi connectivity index (χ1n) is 6.48. The smallest absolute Gasteiger partial charge is 0.152 e. The fourth-order valence-corrected chi connectivity index (χ4v) is 2.53. The Labute approximate surface area is 126 Å². The average molecular weight is 341 g/mol. The molecule has 4 nitrogen and oxygen atoms in total. The van der Waals surface area contributed by atoms with E-state index in [0.29, 0.717) is 21.7 Å². The van der Waals surface area contributed by atoms with Crippen molar-refractivity contribution < 1.29 is 4.39 Å². The SMILES string of the molecule is CCCc1nn(C)c(Nc2cc(F)c(Br)cc2C)c1N. The molecule has 1 aromatic heterocycles. The normalized spacial score (nSPS) is 10.8. The monoisotopic (exact) mass is 340 g/mol. The van der Waals surface area contributed by atoms with E-state index in [1.165, 1.54) is 6.07 Å². The van der Waals surface area contributed by atoms with Gasteiger partial charge < -0.3 is 11.1 Å². The number of rotatable bonds is 4. The number of aryl methyl sites for hydroxylation is 3. The lowest BCUT2D eigenvalue weighted by Gasteiger charge is -2.11. The molecule has 0 aliphatic rings. The summed E-state index contributed by atoms with van der Waals surface area (Å²) in [5, 5.41) is 7.56. The molecule has 6 heteroatoms. The number of nitrogen functional groups attached to an aromatic ring is 1. The van der Waals surface area contributed by atoms with Crippen LogP contribution >= 0.6 is 15.9 Å². The van der Waals surface area contributed by atoms with Crippen molar-refractivity contribution in [3.63, 3.8) is 0 Å². The Morgan fingerprint density at radius 3 is 2.80 bits per heavy atom. The van der Waals surface area contributed by atoms with Gasteiger partial charge in [-0.15, -0.1) is 0 Å². The largest absolute Gasteiger partial charge is 0.394 e. The van der Waals surface area contributed by atoms with Crippen LogP contribution in [-0.4, -0.2) is 9.78 Å². The average Bonchev–Trinajstić information content (AvgIpc) is 2.64. The molecule has 108 valence electrons. The van der Waals surface area contributed by atoms with E-state index in [1.807, 2.05) is 14.0 Å². The lowest BCUT2D eigenvalue weighted by molar-refractivity contribution is 0.621. The molecule has 3 N–H and O–H groups in total. The summed E-state index contributed by atoms with van der Waals surface area (Å²) in [5.41, 5.74) is 9.21. The Bertz CT molecular complexity index is 637. The fraction of sp³-hybridized carbons (Fsp3) is 0.357.